The lowest BCUT2D eigenvalue weighted by molar-refractivity contribution is 1.15. The molecule has 0 saturated heterocycles. The van der Waals surface area contributed by atoms with Crippen molar-refractivity contribution in [2.45, 2.75) is 0 Å². The number of anilines is 1. The smallest absolute Gasteiger partial charge is 0.134 e. The van der Waals surface area contributed by atoms with Crippen molar-refractivity contribution in [3.63, 3.8) is 0 Å². The molecule has 5 heteroatoms. The second kappa shape index (κ2) is 4.58. The number of halogens is 1. The van der Waals surface area contributed by atoms with Gasteiger partial charge in [-0.3, -0.25) is 0 Å². The van der Waals surface area contributed by atoms with Crippen molar-refractivity contribution in [1.29, 1.82) is 0 Å². The Labute approximate surface area is 91.7 Å². The van der Waals surface area contributed by atoms with Crippen LogP contribution in [0.25, 0.3) is 0 Å². The van der Waals surface area contributed by atoms with Crippen LogP contribution in [0.5, 0.6) is 0 Å². The minimum absolute atomic E-state index is 0.411. The molecule has 74 valence electrons. The van der Waals surface area contributed by atoms with E-state index in [1.54, 1.807) is 18.3 Å². The highest BCUT2D eigenvalue weighted by Crippen LogP contribution is 2.08. The maximum Gasteiger partial charge on any atom is 0.134 e. The van der Waals surface area contributed by atoms with Crippen LogP contribution in [-0.4, -0.2) is 22.2 Å². The van der Waals surface area contributed by atoms with Crippen molar-refractivity contribution in [2.24, 2.45) is 4.99 Å². The lowest BCUT2D eigenvalue weighted by Crippen LogP contribution is -2.12. The molecule has 0 atom stereocenters. The van der Waals surface area contributed by atoms with Gasteiger partial charge in [0.25, 0.3) is 0 Å². The van der Waals surface area contributed by atoms with Crippen molar-refractivity contribution in [2.75, 3.05) is 11.9 Å². The molecule has 2 rings (SSSR count). The van der Waals surface area contributed by atoms with Gasteiger partial charge in [-0.05, 0) is 0 Å². The molecule has 15 heavy (non-hydrogen) atoms. The molecule has 1 N–H and O–H groups in total. The van der Waals surface area contributed by atoms with Gasteiger partial charge in [0.15, 0.2) is 0 Å². The summed E-state index contributed by atoms with van der Waals surface area (Å²) in [7, 11) is 0. The van der Waals surface area contributed by atoms with Gasteiger partial charge in [-0.1, -0.05) is 23.1 Å². The molecule has 4 nitrogen and oxygen atoms in total. The molecule has 1 aliphatic heterocycles. The Morgan fingerprint density at radius 1 is 1.33 bits per heavy atom. The molecule has 0 radical (unpaired) electrons. The number of nitrogens with zero attached hydrogens (tertiary/aromatic N) is 3. The minimum atomic E-state index is 0.411. The summed E-state index contributed by atoms with van der Waals surface area (Å²) < 4.78 is 0. The van der Waals surface area contributed by atoms with Crippen LogP contribution in [0.1, 0.15) is 0 Å². The Morgan fingerprint density at radius 3 is 3.00 bits per heavy atom. The number of aliphatic imine (C=N–C) groups is 1. The highest BCUT2D eigenvalue weighted by atomic mass is 35.5. The molecule has 0 amide bonds. The second-order valence-corrected chi connectivity index (χ2v) is 3.15. The fourth-order valence-corrected chi connectivity index (χ4v) is 1.17. The Kier molecular flexibility index (Phi) is 2.96. The number of hydrogen-bond donors (Lipinski definition) is 1. The number of hydrogen-bond acceptors (Lipinski definition) is 4. The van der Waals surface area contributed by atoms with Crippen LogP contribution in [0, 0.1) is 0 Å². The monoisotopic (exact) mass is 218 g/mol. The number of rotatable bonds is 3. The SMILES string of the molecule is Clc1cc(NCC2=NC=C=C=C2)ncn1. The quantitative estimate of drug-likeness (QED) is 0.622. The Hall–Kier alpha value is -1.86. The maximum absolute atomic E-state index is 5.71. The van der Waals surface area contributed by atoms with Gasteiger partial charge in [0.1, 0.15) is 17.3 Å². The summed E-state index contributed by atoms with van der Waals surface area (Å²) in [5, 5.41) is 3.48. The van der Waals surface area contributed by atoms with E-state index in [-0.39, 0.29) is 0 Å². The number of aromatic nitrogens is 2. The highest BCUT2D eigenvalue weighted by molar-refractivity contribution is 6.29. The molecular weight excluding hydrogens is 212 g/mol. The Balaban J connectivity index is 1.97. The van der Waals surface area contributed by atoms with Gasteiger partial charge < -0.3 is 5.32 Å². The van der Waals surface area contributed by atoms with Gasteiger partial charge in [0, 0.05) is 12.1 Å². The van der Waals surface area contributed by atoms with E-state index in [9.17, 15) is 0 Å². The van der Waals surface area contributed by atoms with Crippen LogP contribution in [-0.2, 0) is 0 Å². The van der Waals surface area contributed by atoms with Gasteiger partial charge in [-0.25, -0.2) is 15.0 Å². The summed E-state index contributed by atoms with van der Waals surface area (Å²) in [5.74, 6) is 0.671. The van der Waals surface area contributed by atoms with Crippen LogP contribution in [0.4, 0.5) is 5.82 Å². The van der Waals surface area contributed by atoms with E-state index in [0.29, 0.717) is 17.5 Å². The standard InChI is InChI=1S/C10H7ClN4/c11-9-5-10(15-7-14-9)13-6-8-3-1-2-4-12-8/h3-5,7H,6H2,(H,13,14,15). The zero-order valence-electron chi connectivity index (χ0n) is 7.74. The molecule has 1 aliphatic rings. The van der Waals surface area contributed by atoms with Crippen LogP contribution in [0.15, 0.2) is 41.1 Å². The van der Waals surface area contributed by atoms with Gasteiger partial charge in [0.2, 0.25) is 0 Å². The molecule has 1 aromatic heterocycles. The average molecular weight is 219 g/mol. The first-order valence-electron chi connectivity index (χ1n) is 4.28. The molecule has 0 spiro atoms. The molecule has 0 fully saturated rings. The van der Waals surface area contributed by atoms with E-state index in [1.165, 1.54) is 6.33 Å². The van der Waals surface area contributed by atoms with Crippen LogP contribution in [0.3, 0.4) is 0 Å². The summed E-state index contributed by atoms with van der Waals surface area (Å²) in [6, 6.07) is 1.65. The molecular formula is C10H7ClN4. The zero-order valence-corrected chi connectivity index (χ0v) is 8.49. The van der Waals surface area contributed by atoms with Gasteiger partial charge >= 0.3 is 0 Å². The predicted molar refractivity (Wildman–Crippen MR) is 59.1 cm³/mol. The van der Waals surface area contributed by atoms with Gasteiger partial charge in [-0.2, -0.15) is 0 Å². The summed E-state index contributed by atoms with van der Waals surface area (Å²) in [5.41, 5.74) is 6.42. The van der Waals surface area contributed by atoms with Crippen molar-refractivity contribution in [3.05, 3.63) is 41.3 Å². The lowest BCUT2D eigenvalue weighted by atomic mass is 10.3. The third-order valence-corrected chi connectivity index (χ3v) is 1.91. The van der Waals surface area contributed by atoms with Crippen molar-refractivity contribution >= 4 is 23.1 Å². The number of nitrogens with one attached hydrogen (secondary N) is 1. The molecule has 0 bridgehead atoms. The topological polar surface area (TPSA) is 50.2 Å². The molecule has 0 unspecified atom stereocenters. The third kappa shape index (κ3) is 2.79. The van der Waals surface area contributed by atoms with Crippen molar-refractivity contribution in [3.8, 4) is 0 Å². The molecule has 0 aliphatic carbocycles. The maximum atomic E-state index is 5.71. The van der Waals surface area contributed by atoms with E-state index in [0.717, 1.165) is 5.71 Å². The highest BCUT2D eigenvalue weighted by Gasteiger charge is 1.98. The van der Waals surface area contributed by atoms with Crippen LogP contribution < -0.4 is 5.32 Å². The second-order valence-electron chi connectivity index (χ2n) is 2.76. The van der Waals surface area contributed by atoms with Gasteiger partial charge in [0.05, 0.1) is 18.5 Å². The van der Waals surface area contributed by atoms with Crippen molar-refractivity contribution in [1.82, 2.24) is 9.97 Å². The first kappa shape index (κ1) is 9.69. The summed E-state index contributed by atoms with van der Waals surface area (Å²) in [6.07, 6.45) is 4.74. The molecule has 0 saturated carbocycles. The molecule has 0 aromatic carbocycles. The van der Waals surface area contributed by atoms with E-state index in [1.807, 2.05) is 0 Å². The fraction of sp³-hybridized carbons (Fsp3) is 0.100. The normalized spacial score (nSPS) is 12.7. The largest absolute Gasteiger partial charge is 0.364 e. The van der Waals surface area contributed by atoms with Gasteiger partial charge in [-0.15, -0.1) is 0 Å². The average Bonchev–Trinajstić information content (AvgIpc) is 2.28. The Bertz CT molecular complexity index is 494. The van der Waals surface area contributed by atoms with E-state index in [4.69, 9.17) is 11.6 Å². The first-order valence-corrected chi connectivity index (χ1v) is 4.66. The first-order chi connectivity index (χ1) is 7.34. The Morgan fingerprint density at radius 2 is 2.27 bits per heavy atom. The minimum Gasteiger partial charge on any atom is -0.364 e. The van der Waals surface area contributed by atoms with Crippen LogP contribution >= 0.6 is 11.6 Å². The van der Waals surface area contributed by atoms with E-state index >= 15 is 0 Å². The predicted octanol–water partition coefficient (Wildman–Crippen LogP) is 1.82. The van der Waals surface area contributed by atoms with Crippen molar-refractivity contribution < 1.29 is 0 Å². The lowest BCUT2D eigenvalue weighted by Gasteiger charge is -2.04. The summed E-state index contributed by atoms with van der Waals surface area (Å²) >= 11 is 5.71. The zero-order chi connectivity index (χ0) is 10.5. The molecule has 2 heterocycles. The van der Waals surface area contributed by atoms with E-state index in [2.05, 4.69) is 31.7 Å². The molecule has 1 aromatic rings. The summed E-state index contributed by atoms with van der Waals surface area (Å²) in [6.45, 7) is 0.568. The summed E-state index contributed by atoms with van der Waals surface area (Å²) in [4.78, 5) is 11.9. The van der Waals surface area contributed by atoms with Crippen LogP contribution in [0.2, 0.25) is 5.15 Å². The van der Waals surface area contributed by atoms with E-state index < -0.39 is 0 Å². The fourth-order valence-electron chi connectivity index (χ4n) is 1.02. The third-order valence-electron chi connectivity index (χ3n) is 1.70.